The van der Waals surface area contributed by atoms with E-state index < -0.39 is 23.4 Å². The topological polar surface area (TPSA) is 104 Å². The van der Waals surface area contributed by atoms with E-state index in [2.05, 4.69) is 15.8 Å². The highest BCUT2D eigenvalue weighted by atomic mass is 35.5. The number of amides is 2. The number of hydrazine groups is 1. The van der Waals surface area contributed by atoms with Crippen LogP contribution in [0.4, 0.5) is 8.78 Å². The van der Waals surface area contributed by atoms with Crippen molar-refractivity contribution in [2.45, 2.75) is 12.8 Å². The SMILES string of the molecule is O=C(CCc1ncc(-c2ccc(F)cc2F)o1)NNC(=O)c1cc(Cl)ccc1O. The van der Waals surface area contributed by atoms with Crippen molar-refractivity contribution in [2.75, 3.05) is 0 Å². The number of aromatic hydroxyl groups is 1. The number of benzene rings is 2. The van der Waals surface area contributed by atoms with Gasteiger partial charge in [0, 0.05) is 23.9 Å². The molecule has 1 aromatic heterocycles. The number of carbonyl (C=O) groups excluding carboxylic acids is 2. The van der Waals surface area contributed by atoms with Crippen molar-refractivity contribution in [3.05, 3.63) is 70.7 Å². The molecule has 150 valence electrons. The number of hydrogen-bond acceptors (Lipinski definition) is 5. The summed E-state index contributed by atoms with van der Waals surface area (Å²) in [4.78, 5) is 27.8. The highest BCUT2D eigenvalue weighted by Crippen LogP contribution is 2.24. The first-order chi connectivity index (χ1) is 13.8. The quantitative estimate of drug-likeness (QED) is 0.548. The molecule has 1 heterocycles. The minimum Gasteiger partial charge on any atom is -0.507 e. The summed E-state index contributed by atoms with van der Waals surface area (Å²) in [5, 5.41) is 9.90. The molecule has 0 bridgehead atoms. The van der Waals surface area contributed by atoms with Crippen molar-refractivity contribution in [3.8, 4) is 17.1 Å². The number of nitrogens with zero attached hydrogens (tertiary/aromatic N) is 1. The van der Waals surface area contributed by atoms with Crippen LogP contribution >= 0.6 is 11.6 Å². The Morgan fingerprint density at radius 1 is 1.14 bits per heavy atom. The number of rotatable bonds is 5. The van der Waals surface area contributed by atoms with Gasteiger partial charge in [0.15, 0.2) is 11.7 Å². The second kappa shape index (κ2) is 8.70. The number of hydrogen-bond donors (Lipinski definition) is 3. The summed E-state index contributed by atoms with van der Waals surface area (Å²) in [6.07, 6.45) is 1.26. The molecule has 0 saturated heterocycles. The molecule has 0 radical (unpaired) electrons. The third-order valence-corrected chi connectivity index (χ3v) is 4.07. The van der Waals surface area contributed by atoms with Crippen LogP contribution in [-0.2, 0) is 11.2 Å². The lowest BCUT2D eigenvalue weighted by atomic mass is 10.2. The Labute approximate surface area is 168 Å². The lowest BCUT2D eigenvalue weighted by Gasteiger charge is -2.08. The molecule has 7 nitrogen and oxygen atoms in total. The minimum atomic E-state index is -0.794. The van der Waals surface area contributed by atoms with Crippen LogP contribution < -0.4 is 10.9 Å². The van der Waals surface area contributed by atoms with E-state index in [1.165, 1.54) is 30.5 Å². The number of oxazole rings is 1. The van der Waals surface area contributed by atoms with Gasteiger partial charge in [-0.2, -0.15) is 0 Å². The average Bonchev–Trinajstić information content (AvgIpc) is 3.15. The molecule has 3 rings (SSSR count). The van der Waals surface area contributed by atoms with Crippen LogP contribution in [0.2, 0.25) is 5.02 Å². The Morgan fingerprint density at radius 3 is 2.69 bits per heavy atom. The maximum atomic E-state index is 13.8. The van der Waals surface area contributed by atoms with Gasteiger partial charge in [-0.3, -0.25) is 20.4 Å². The van der Waals surface area contributed by atoms with Gasteiger partial charge in [0.2, 0.25) is 5.91 Å². The van der Waals surface area contributed by atoms with Gasteiger partial charge < -0.3 is 9.52 Å². The molecule has 0 unspecified atom stereocenters. The van der Waals surface area contributed by atoms with Gasteiger partial charge in [-0.25, -0.2) is 13.8 Å². The van der Waals surface area contributed by atoms with E-state index in [-0.39, 0.29) is 46.4 Å². The average molecular weight is 422 g/mol. The Hall–Kier alpha value is -3.46. The first kappa shape index (κ1) is 20.3. The first-order valence-electron chi connectivity index (χ1n) is 8.31. The van der Waals surface area contributed by atoms with Gasteiger partial charge in [0.25, 0.3) is 5.91 Å². The van der Waals surface area contributed by atoms with Crippen LogP contribution in [0.25, 0.3) is 11.3 Å². The van der Waals surface area contributed by atoms with Crippen LogP contribution in [0.3, 0.4) is 0 Å². The van der Waals surface area contributed by atoms with E-state index in [4.69, 9.17) is 16.0 Å². The zero-order valence-corrected chi connectivity index (χ0v) is 15.5. The zero-order valence-electron chi connectivity index (χ0n) is 14.7. The number of phenols is 1. The van der Waals surface area contributed by atoms with Crippen molar-refractivity contribution in [1.29, 1.82) is 0 Å². The molecule has 2 aromatic carbocycles. The van der Waals surface area contributed by atoms with E-state index in [1.807, 2.05) is 0 Å². The lowest BCUT2D eigenvalue weighted by Crippen LogP contribution is -2.41. The van der Waals surface area contributed by atoms with Crippen molar-refractivity contribution in [3.63, 3.8) is 0 Å². The van der Waals surface area contributed by atoms with Crippen LogP contribution in [0, 0.1) is 11.6 Å². The summed E-state index contributed by atoms with van der Waals surface area (Å²) in [6.45, 7) is 0. The summed E-state index contributed by atoms with van der Waals surface area (Å²) in [7, 11) is 0. The fourth-order valence-electron chi connectivity index (χ4n) is 2.41. The lowest BCUT2D eigenvalue weighted by molar-refractivity contribution is -0.121. The fourth-order valence-corrected chi connectivity index (χ4v) is 2.58. The van der Waals surface area contributed by atoms with Gasteiger partial charge in [-0.15, -0.1) is 0 Å². The number of aryl methyl sites for hydroxylation is 1. The molecule has 0 fully saturated rings. The van der Waals surface area contributed by atoms with Crippen molar-refractivity contribution in [1.82, 2.24) is 15.8 Å². The van der Waals surface area contributed by atoms with Crippen LogP contribution in [0.1, 0.15) is 22.7 Å². The molecule has 0 spiro atoms. The molecular weight excluding hydrogens is 408 g/mol. The zero-order chi connectivity index (χ0) is 21.0. The number of nitrogens with one attached hydrogen (secondary N) is 2. The van der Waals surface area contributed by atoms with E-state index in [1.54, 1.807) is 0 Å². The molecule has 10 heteroatoms. The molecule has 3 aromatic rings. The second-order valence-electron chi connectivity index (χ2n) is 5.91. The summed E-state index contributed by atoms with van der Waals surface area (Å²) >= 11 is 5.77. The standard InChI is InChI=1S/C19H14ClF2N3O4/c20-10-1-4-15(26)13(7-10)19(28)25-24-17(27)5-6-18-23-9-16(29-18)12-3-2-11(21)8-14(12)22/h1-4,7-9,26H,5-6H2,(H,24,27)(H,25,28). The van der Waals surface area contributed by atoms with Crippen molar-refractivity contribution in [2.24, 2.45) is 0 Å². The predicted octanol–water partition coefficient (Wildman–Crippen LogP) is 3.37. The summed E-state index contributed by atoms with van der Waals surface area (Å²) in [5.41, 5.74) is 4.29. The Balaban J connectivity index is 1.53. The van der Waals surface area contributed by atoms with E-state index in [9.17, 15) is 23.5 Å². The summed E-state index contributed by atoms with van der Waals surface area (Å²) in [6, 6.07) is 6.96. The molecular formula is C19H14ClF2N3O4. The molecule has 29 heavy (non-hydrogen) atoms. The normalized spacial score (nSPS) is 10.6. The molecule has 0 aliphatic rings. The van der Waals surface area contributed by atoms with Gasteiger partial charge >= 0.3 is 0 Å². The van der Waals surface area contributed by atoms with Crippen LogP contribution in [-0.4, -0.2) is 21.9 Å². The minimum absolute atomic E-state index is 0.0446. The molecule has 0 aliphatic heterocycles. The van der Waals surface area contributed by atoms with E-state index in [0.717, 1.165) is 12.1 Å². The maximum absolute atomic E-state index is 13.8. The third-order valence-electron chi connectivity index (χ3n) is 3.83. The van der Waals surface area contributed by atoms with E-state index in [0.29, 0.717) is 0 Å². The van der Waals surface area contributed by atoms with Crippen LogP contribution in [0.5, 0.6) is 5.75 Å². The summed E-state index contributed by atoms with van der Waals surface area (Å²) in [5.74, 6) is -2.83. The first-order valence-corrected chi connectivity index (χ1v) is 8.69. The van der Waals surface area contributed by atoms with Gasteiger partial charge in [-0.1, -0.05) is 11.6 Å². The molecule has 2 amide bonds. The van der Waals surface area contributed by atoms with Gasteiger partial charge in [0.05, 0.1) is 17.3 Å². The summed E-state index contributed by atoms with van der Waals surface area (Å²) < 4.78 is 32.1. The molecule has 0 atom stereocenters. The fraction of sp³-hybridized carbons (Fsp3) is 0.105. The van der Waals surface area contributed by atoms with Gasteiger partial charge in [0.1, 0.15) is 17.4 Å². The molecule has 0 saturated carbocycles. The number of phenolic OH excluding ortho intramolecular Hbond substituents is 1. The Kier molecular flexibility index (Phi) is 6.08. The number of carbonyl (C=O) groups is 2. The maximum Gasteiger partial charge on any atom is 0.273 e. The number of halogens is 3. The Bertz CT molecular complexity index is 1070. The monoisotopic (exact) mass is 421 g/mol. The Morgan fingerprint density at radius 2 is 1.93 bits per heavy atom. The van der Waals surface area contributed by atoms with Crippen LogP contribution in [0.15, 0.2) is 47.0 Å². The van der Waals surface area contributed by atoms with Crippen molar-refractivity contribution < 1.29 is 27.9 Å². The van der Waals surface area contributed by atoms with Crippen molar-refractivity contribution >= 4 is 23.4 Å². The van der Waals surface area contributed by atoms with Gasteiger partial charge in [-0.05, 0) is 30.3 Å². The number of aromatic nitrogens is 1. The third kappa shape index (κ3) is 5.08. The smallest absolute Gasteiger partial charge is 0.273 e. The van der Waals surface area contributed by atoms with E-state index >= 15 is 0 Å². The highest BCUT2D eigenvalue weighted by molar-refractivity contribution is 6.31. The molecule has 0 aliphatic carbocycles. The second-order valence-corrected chi connectivity index (χ2v) is 6.34. The highest BCUT2D eigenvalue weighted by Gasteiger charge is 2.15. The molecule has 3 N–H and O–H groups in total. The largest absolute Gasteiger partial charge is 0.507 e. The predicted molar refractivity (Wildman–Crippen MR) is 98.9 cm³/mol.